The summed E-state index contributed by atoms with van der Waals surface area (Å²) in [6, 6.07) is 6.06. The molecule has 0 saturated heterocycles. The van der Waals surface area contributed by atoms with Crippen LogP contribution in [-0.2, 0) is 11.2 Å². The van der Waals surface area contributed by atoms with Crippen molar-refractivity contribution >= 4 is 49.9 Å². The Bertz CT molecular complexity index is 1460. The van der Waals surface area contributed by atoms with Crippen molar-refractivity contribution < 1.29 is 4.79 Å². The number of benzene rings is 1. The second-order valence-electron chi connectivity index (χ2n) is 8.72. The molecule has 3 heterocycles. The summed E-state index contributed by atoms with van der Waals surface area (Å²) < 4.78 is 2.33. The van der Waals surface area contributed by atoms with E-state index in [0.717, 1.165) is 29.5 Å². The fraction of sp³-hybridized carbons (Fsp3) is 0.348. The molecule has 34 heavy (non-hydrogen) atoms. The summed E-state index contributed by atoms with van der Waals surface area (Å²) in [4.78, 5) is 30.3. The van der Waals surface area contributed by atoms with E-state index in [1.807, 2.05) is 19.1 Å². The third-order valence-electron chi connectivity index (χ3n) is 6.38. The smallest absolute Gasteiger partial charge is 0.225 e. The van der Waals surface area contributed by atoms with Crippen molar-refractivity contribution in [2.45, 2.75) is 38.6 Å². The zero-order valence-electron chi connectivity index (χ0n) is 18.7. The largest absolute Gasteiger partial charge is 0.359 e. The lowest BCUT2D eigenvalue weighted by molar-refractivity contribution is -0.129. The van der Waals surface area contributed by atoms with Crippen molar-refractivity contribution in [2.24, 2.45) is 5.41 Å². The van der Waals surface area contributed by atoms with E-state index in [2.05, 4.69) is 52.7 Å². The summed E-state index contributed by atoms with van der Waals surface area (Å²) >= 11 is 3.51. The van der Waals surface area contributed by atoms with Gasteiger partial charge < -0.3 is 10.6 Å². The highest BCUT2D eigenvalue weighted by atomic mass is 79.9. The maximum absolute atomic E-state index is 12.3. The molecule has 5 rings (SSSR count). The van der Waals surface area contributed by atoms with Crippen LogP contribution in [0.5, 0.6) is 0 Å². The van der Waals surface area contributed by atoms with E-state index >= 15 is 0 Å². The molecule has 0 bridgehead atoms. The monoisotopic (exact) mass is 519 g/mol. The Hall–Kier alpha value is -3.65. The summed E-state index contributed by atoms with van der Waals surface area (Å²) in [5, 5.41) is 20.8. The SMILES string of the molecule is CNC(=O)[C@]1(C)CC[C@@H](Nc2ncc3c(Br)nn(-c4cc(CC#N)c5nccnc5c4)c3n2)C1. The molecular weight excluding hydrogens is 498 g/mol. The molecule has 0 spiro atoms. The number of hydrogen-bond donors (Lipinski definition) is 2. The van der Waals surface area contributed by atoms with Crippen LogP contribution < -0.4 is 10.6 Å². The highest BCUT2D eigenvalue weighted by Crippen LogP contribution is 2.39. The molecule has 10 nitrogen and oxygen atoms in total. The van der Waals surface area contributed by atoms with Crippen LogP contribution in [0.15, 0.2) is 35.3 Å². The number of nitrogens with one attached hydrogen (secondary N) is 2. The van der Waals surface area contributed by atoms with Crippen LogP contribution in [0, 0.1) is 16.7 Å². The lowest BCUT2D eigenvalue weighted by Gasteiger charge is -2.22. The zero-order valence-corrected chi connectivity index (χ0v) is 20.3. The number of nitriles is 1. The number of hydrogen-bond acceptors (Lipinski definition) is 8. The van der Waals surface area contributed by atoms with Gasteiger partial charge in [-0.3, -0.25) is 14.8 Å². The molecule has 4 aromatic rings. The van der Waals surface area contributed by atoms with Gasteiger partial charge in [0.1, 0.15) is 4.60 Å². The van der Waals surface area contributed by atoms with Crippen molar-refractivity contribution in [3.63, 3.8) is 0 Å². The Balaban J connectivity index is 1.52. The second-order valence-corrected chi connectivity index (χ2v) is 9.47. The number of halogens is 1. The van der Waals surface area contributed by atoms with Gasteiger partial charge in [0, 0.05) is 37.1 Å². The van der Waals surface area contributed by atoms with E-state index in [1.54, 1.807) is 30.3 Å². The maximum Gasteiger partial charge on any atom is 0.225 e. The van der Waals surface area contributed by atoms with Gasteiger partial charge in [0.15, 0.2) is 5.65 Å². The Kier molecular flexibility index (Phi) is 5.61. The quantitative estimate of drug-likeness (QED) is 0.410. The fourth-order valence-corrected chi connectivity index (χ4v) is 5.08. The third-order valence-corrected chi connectivity index (χ3v) is 6.97. The molecule has 1 aliphatic rings. The second kappa shape index (κ2) is 8.61. The van der Waals surface area contributed by atoms with Gasteiger partial charge >= 0.3 is 0 Å². The van der Waals surface area contributed by atoms with E-state index in [9.17, 15) is 10.1 Å². The number of fused-ring (bicyclic) bond motifs is 2. The lowest BCUT2D eigenvalue weighted by Crippen LogP contribution is -2.35. The molecule has 0 unspecified atom stereocenters. The first-order valence-electron chi connectivity index (χ1n) is 10.9. The Labute approximate surface area is 204 Å². The van der Waals surface area contributed by atoms with Gasteiger partial charge in [-0.1, -0.05) is 6.92 Å². The summed E-state index contributed by atoms with van der Waals surface area (Å²) in [5.74, 6) is 0.535. The van der Waals surface area contributed by atoms with Crippen LogP contribution >= 0.6 is 15.9 Å². The molecule has 1 saturated carbocycles. The average molecular weight is 520 g/mol. The number of aromatic nitrogens is 6. The molecule has 3 aromatic heterocycles. The van der Waals surface area contributed by atoms with Crippen LogP contribution in [0.2, 0.25) is 0 Å². The molecule has 1 aromatic carbocycles. The summed E-state index contributed by atoms with van der Waals surface area (Å²) in [5.41, 5.74) is 3.09. The van der Waals surface area contributed by atoms with Gasteiger partial charge in [0.25, 0.3) is 0 Å². The highest BCUT2D eigenvalue weighted by Gasteiger charge is 2.41. The summed E-state index contributed by atoms with van der Waals surface area (Å²) in [7, 11) is 1.67. The van der Waals surface area contributed by atoms with Crippen LogP contribution in [0.25, 0.3) is 27.8 Å². The van der Waals surface area contributed by atoms with Crippen LogP contribution in [0.3, 0.4) is 0 Å². The van der Waals surface area contributed by atoms with Gasteiger partial charge in [0.05, 0.1) is 34.6 Å². The molecule has 1 aliphatic carbocycles. The van der Waals surface area contributed by atoms with Crippen molar-refractivity contribution in [2.75, 3.05) is 12.4 Å². The van der Waals surface area contributed by atoms with Crippen molar-refractivity contribution in [1.82, 2.24) is 35.0 Å². The summed E-state index contributed by atoms with van der Waals surface area (Å²) in [6.45, 7) is 1.99. The standard InChI is InChI=1S/C23H22BrN9O/c1-23(21(34)26-2)5-3-14(11-23)30-22-29-12-16-19(24)32-33(20(16)31-22)15-9-13(4-6-25)18-17(10-15)27-7-8-28-18/h7-10,12,14H,3-5,11H2,1-2H3,(H,26,34)(H,29,30,31)/t14-,23-/m1/s1. The molecule has 172 valence electrons. The van der Waals surface area contributed by atoms with Crippen LogP contribution in [-0.4, -0.2) is 48.7 Å². The molecule has 11 heteroatoms. The molecule has 2 N–H and O–H groups in total. The Morgan fingerprint density at radius 1 is 1.32 bits per heavy atom. The van der Waals surface area contributed by atoms with Crippen LogP contribution in [0.1, 0.15) is 31.7 Å². The average Bonchev–Trinajstić information content (AvgIpc) is 3.38. The molecule has 2 atom stereocenters. The topological polar surface area (TPSA) is 134 Å². The molecule has 0 radical (unpaired) electrons. The van der Waals surface area contributed by atoms with E-state index in [1.165, 1.54) is 0 Å². The van der Waals surface area contributed by atoms with Crippen LogP contribution in [0.4, 0.5) is 5.95 Å². The number of carbonyl (C=O) groups is 1. The first-order valence-corrected chi connectivity index (χ1v) is 11.7. The fourth-order valence-electron chi connectivity index (χ4n) is 4.65. The van der Waals surface area contributed by atoms with E-state index in [-0.39, 0.29) is 18.4 Å². The van der Waals surface area contributed by atoms with Gasteiger partial charge in [0.2, 0.25) is 11.9 Å². The first kappa shape index (κ1) is 22.2. The minimum atomic E-state index is -0.398. The van der Waals surface area contributed by atoms with E-state index < -0.39 is 5.41 Å². The number of rotatable bonds is 5. The minimum absolute atomic E-state index is 0.0581. The summed E-state index contributed by atoms with van der Waals surface area (Å²) in [6.07, 6.45) is 7.53. The van der Waals surface area contributed by atoms with E-state index in [0.29, 0.717) is 33.7 Å². The van der Waals surface area contributed by atoms with E-state index in [4.69, 9.17) is 4.98 Å². The molecule has 0 aliphatic heterocycles. The van der Waals surface area contributed by atoms with Crippen molar-refractivity contribution in [3.05, 3.63) is 40.9 Å². The van der Waals surface area contributed by atoms with Crippen molar-refractivity contribution in [3.8, 4) is 11.8 Å². The van der Waals surface area contributed by atoms with Crippen molar-refractivity contribution in [1.29, 1.82) is 5.26 Å². The molecular formula is C23H22BrN9O. The Morgan fingerprint density at radius 3 is 2.94 bits per heavy atom. The zero-order chi connectivity index (χ0) is 23.9. The lowest BCUT2D eigenvalue weighted by atomic mass is 9.87. The van der Waals surface area contributed by atoms with Gasteiger partial charge in [-0.2, -0.15) is 15.3 Å². The number of anilines is 1. The normalized spacial score (nSPS) is 19.9. The minimum Gasteiger partial charge on any atom is -0.359 e. The predicted molar refractivity (Wildman–Crippen MR) is 130 cm³/mol. The number of amides is 1. The van der Waals surface area contributed by atoms with Gasteiger partial charge in [-0.05, 0) is 52.9 Å². The van der Waals surface area contributed by atoms with Gasteiger partial charge in [-0.25, -0.2) is 9.67 Å². The van der Waals surface area contributed by atoms with Gasteiger partial charge in [-0.15, -0.1) is 0 Å². The number of carbonyl (C=O) groups excluding carboxylic acids is 1. The highest BCUT2D eigenvalue weighted by molar-refractivity contribution is 9.10. The predicted octanol–water partition coefficient (Wildman–Crippen LogP) is 3.30. The first-order chi connectivity index (χ1) is 16.4. The Morgan fingerprint density at radius 2 is 2.15 bits per heavy atom. The maximum atomic E-state index is 12.3. The number of nitrogens with zero attached hydrogens (tertiary/aromatic N) is 7. The molecule has 1 amide bonds. The third kappa shape index (κ3) is 3.84. The molecule has 1 fully saturated rings.